The topological polar surface area (TPSA) is 73.4 Å². The molecule has 1 rings (SSSR count). The van der Waals surface area contributed by atoms with Crippen LogP contribution in [0.3, 0.4) is 0 Å². The molecule has 4 N–H and O–H groups in total. The zero-order chi connectivity index (χ0) is 10.2. The van der Waals surface area contributed by atoms with Gasteiger partial charge in [0.2, 0.25) is 0 Å². The van der Waals surface area contributed by atoms with Gasteiger partial charge in [0.15, 0.2) is 0 Å². The Morgan fingerprint density at radius 1 is 1.57 bits per heavy atom. The summed E-state index contributed by atoms with van der Waals surface area (Å²) < 4.78 is 0. The molecule has 82 valence electrons. The van der Waals surface area contributed by atoms with E-state index in [4.69, 9.17) is 5.11 Å². The van der Waals surface area contributed by atoms with Crippen molar-refractivity contribution in [2.45, 2.75) is 25.3 Å². The third-order valence-electron chi connectivity index (χ3n) is 2.25. The number of amides is 2. The SMILES string of the molecule is O=C(NCCCO)NC1CCCNC1. The van der Waals surface area contributed by atoms with Crippen LogP contribution in [0.5, 0.6) is 0 Å². The quantitative estimate of drug-likeness (QED) is 0.460. The minimum atomic E-state index is -0.132. The summed E-state index contributed by atoms with van der Waals surface area (Å²) in [4.78, 5) is 11.3. The van der Waals surface area contributed by atoms with Crippen LogP contribution in [0.25, 0.3) is 0 Å². The molecular formula is C9H19N3O2. The van der Waals surface area contributed by atoms with Crippen LogP contribution >= 0.6 is 0 Å². The fourth-order valence-corrected chi connectivity index (χ4v) is 1.49. The largest absolute Gasteiger partial charge is 0.396 e. The second-order valence-electron chi connectivity index (χ2n) is 3.52. The molecule has 0 aromatic rings. The maximum atomic E-state index is 11.3. The van der Waals surface area contributed by atoms with Gasteiger partial charge in [-0.05, 0) is 25.8 Å². The molecule has 1 aliphatic heterocycles. The summed E-state index contributed by atoms with van der Waals surface area (Å²) in [6.07, 6.45) is 2.76. The van der Waals surface area contributed by atoms with E-state index in [0.717, 1.165) is 25.9 Å². The van der Waals surface area contributed by atoms with Crippen molar-refractivity contribution in [2.75, 3.05) is 26.2 Å². The lowest BCUT2D eigenvalue weighted by Crippen LogP contribution is -2.49. The van der Waals surface area contributed by atoms with Gasteiger partial charge in [-0.15, -0.1) is 0 Å². The highest BCUT2D eigenvalue weighted by atomic mass is 16.3. The van der Waals surface area contributed by atoms with Crippen LogP contribution in [0.4, 0.5) is 4.79 Å². The molecule has 1 saturated heterocycles. The zero-order valence-electron chi connectivity index (χ0n) is 8.38. The lowest BCUT2D eigenvalue weighted by molar-refractivity contribution is 0.231. The highest BCUT2D eigenvalue weighted by Gasteiger charge is 2.14. The van der Waals surface area contributed by atoms with Crippen LogP contribution in [0.15, 0.2) is 0 Å². The number of carbonyl (C=O) groups is 1. The number of hydrogen-bond acceptors (Lipinski definition) is 3. The summed E-state index contributed by atoms with van der Waals surface area (Å²) in [5, 5.41) is 17.3. The van der Waals surface area contributed by atoms with E-state index >= 15 is 0 Å². The second kappa shape index (κ2) is 6.62. The lowest BCUT2D eigenvalue weighted by Gasteiger charge is -2.23. The Morgan fingerprint density at radius 3 is 3.07 bits per heavy atom. The first kappa shape index (κ1) is 11.3. The van der Waals surface area contributed by atoms with Crippen molar-refractivity contribution in [3.8, 4) is 0 Å². The van der Waals surface area contributed by atoms with Crippen molar-refractivity contribution < 1.29 is 9.90 Å². The van der Waals surface area contributed by atoms with Gasteiger partial charge >= 0.3 is 6.03 Å². The first-order chi connectivity index (χ1) is 6.83. The monoisotopic (exact) mass is 201 g/mol. The summed E-state index contributed by atoms with van der Waals surface area (Å²) in [5.74, 6) is 0. The molecule has 5 nitrogen and oxygen atoms in total. The van der Waals surface area contributed by atoms with Crippen molar-refractivity contribution in [1.82, 2.24) is 16.0 Å². The van der Waals surface area contributed by atoms with Gasteiger partial charge in [-0.2, -0.15) is 0 Å². The molecule has 1 fully saturated rings. The van der Waals surface area contributed by atoms with Crippen LogP contribution in [0.2, 0.25) is 0 Å². The minimum Gasteiger partial charge on any atom is -0.396 e. The van der Waals surface area contributed by atoms with Crippen molar-refractivity contribution in [2.24, 2.45) is 0 Å². The molecule has 1 unspecified atom stereocenters. The number of aliphatic hydroxyl groups excluding tert-OH is 1. The normalized spacial score (nSPS) is 21.6. The standard InChI is InChI=1S/C9H19N3O2/c13-6-2-5-11-9(14)12-8-3-1-4-10-7-8/h8,10,13H,1-7H2,(H2,11,12,14). The summed E-state index contributed by atoms with van der Waals surface area (Å²) in [5.41, 5.74) is 0. The van der Waals surface area contributed by atoms with E-state index in [-0.39, 0.29) is 18.7 Å². The number of piperidine rings is 1. The first-order valence-electron chi connectivity index (χ1n) is 5.19. The van der Waals surface area contributed by atoms with Crippen LogP contribution in [-0.2, 0) is 0 Å². The third-order valence-corrected chi connectivity index (χ3v) is 2.25. The van der Waals surface area contributed by atoms with E-state index in [0.29, 0.717) is 13.0 Å². The molecule has 0 saturated carbocycles. The highest BCUT2D eigenvalue weighted by molar-refractivity contribution is 5.74. The molecule has 0 aromatic heterocycles. The van der Waals surface area contributed by atoms with Crippen molar-refractivity contribution in [1.29, 1.82) is 0 Å². The van der Waals surface area contributed by atoms with E-state index in [2.05, 4.69) is 16.0 Å². The molecule has 0 aromatic carbocycles. The van der Waals surface area contributed by atoms with Gasteiger partial charge in [0.05, 0.1) is 0 Å². The summed E-state index contributed by atoms with van der Waals surface area (Å²) in [6.45, 7) is 2.55. The third kappa shape index (κ3) is 4.43. The molecule has 0 aliphatic carbocycles. The fourth-order valence-electron chi connectivity index (χ4n) is 1.49. The Bertz CT molecular complexity index is 169. The Labute approximate surface area is 84.3 Å². The number of carbonyl (C=O) groups excluding carboxylic acids is 1. The summed E-state index contributed by atoms with van der Waals surface area (Å²) >= 11 is 0. The number of rotatable bonds is 4. The van der Waals surface area contributed by atoms with Crippen molar-refractivity contribution >= 4 is 6.03 Å². The second-order valence-corrected chi connectivity index (χ2v) is 3.52. The Balaban J connectivity index is 2.06. The van der Waals surface area contributed by atoms with Crippen LogP contribution < -0.4 is 16.0 Å². The van der Waals surface area contributed by atoms with E-state index < -0.39 is 0 Å². The van der Waals surface area contributed by atoms with Gasteiger partial charge in [0.1, 0.15) is 0 Å². The van der Waals surface area contributed by atoms with Gasteiger partial charge in [-0.1, -0.05) is 0 Å². The van der Waals surface area contributed by atoms with Crippen LogP contribution in [0.1, 0.15) is 19.3 Å². The van der Waals surface area contributed by atoms with E-state index in [9.17, 15) is 4.79 Å². The van der Waals surface area contributed by atoms with Crippen molar-refractivity contribution in [3.05, 3.63) is 0 Å². The van der Waals surface area contributed by atoms with Crippen LogP contribution in [-0.4, -0.2) is 43.4 Å². The number of hydrogen-bond donors (Lipinski definition) is 4. The molecule has 0 spiro atoms. The summed E-state index contributed by atoms with van der Waals surface area (Å²) in [6, 6.07) is 0.116. The molecule has 2 amide bonds. The predicted octanol–water partition coefficient (Wildman–Crippen LogP) is -0.580. The van der Waals surface area contributed by atoms with E-state index in [1.807, 2.05) is 0 Å². The molecule has 14 heavy (non-hydrogen) atoms. The first-order valence-corrected chi connectivity index (χ1v) is 5.19. The number of nitrogens with one attached hydrogen (secondary N) is 3. The van der Waals surface area contributed by atoms with Gasteiger partial charge in [0.25, 0.3) is 0 Å². The molecule has 0 radical (unpaired) electrons. The number of aliphatic hydroxyl groups is 1. The lowest BCUT2D eigenvalue weighted by atomic mass is 10.1. The maximum absolute atomic E-state index is 11.3. The molecule has 1 atom stereocenters. The van der Waals surface area contributed by atoms with Gasteiger partial charge in [0, 0.05) is 25.7 Å². The maximum Gasteiger partial charge on any atom is 0.315 e. The van der Waals surface area contributed by atoms with E-state index in [1.165, 1.54) is 0 Å². The van der Waals surface area contributed by atoms with Gasteiger partial charge < -0.3 is 21.1 Å². The fraction of sp³-hybridized carbons (Fsp3) is 0.889. The molecule has 1 aliphatic rings. The Hall–Kier alpha value is -0.810. The molecule has 5 heteroatoms. The predicted molar refractivity (Wildman–Crippen MR) is 54.1 cm³/mol. The van der Waals surface area contributed by atoms with Gasteiger partial charge in [-0.25, -0.2) is 4.79 Å². The smallest absolute Gasteiger partial charge is 0.315 e. The van der Waals surface area contributed by atoms with E-state index in [1.54, 1.807) is 0 Å². The van der Waals surface area contributed by atoms with Crippen molar-refractivity contribution in [3.63, 3.8) is 0 Å². The Kier molecular flexibility index (Phi) is 5.32. The Morgan fingerprint density at radius 2 is 2.43 bits per heavy atom. The highest BCUT2D eigenvalue weighted by Crippen LogP contribution is 2.00. The van der Waals surface area contributed by atoms with Gasteiger partial charge in [-0.3, -0.25) is 0 Å². The number of urea groups is 1. The average Bonchev–Trinajstić information content (AvgIpc) is 2.20. The summed E-state index contributed by atoms with van der Waals surface area (Å²) in [7, 11) is 0. The average molecular weight is 201 g/mol. The minimum absolute atomic E-state index is 0.116. The molecular weight excluding hydrogens is 182 g/mol. The molecule has 1 heterocycles. The van der Waals surface area contributed by atoms with Crippen LogP contribution in [0, 0.1) is 0 Å². The molecule has 0 bridgehead atoms. The zero-order valence-corrected chi connectivity index (χ0v) is 8.38.